The topological polar surface area (TPSA) is 69.1 Å². The number of allylic oxidation sites excluding steroid dienone is 1. The number of carbonyl (C=O) groups excluding carboxylic acids is 1. The summed E-state index contributed by atoms with van der Waals surface area (Å²) in [5.74, 6) is 1.01. The first kappa shape index (κ1) is 20.9. The number of amides is 1. The normalized spacial score (nSPS) is 20.1. The van der Waals surface area contributed by atoms with Gasteiger partial charge in [-0.25, -0.2) is 4.68 Å². The van der Waals surface area contributed by atoms with Crippen molar-refractivity contribution in [2.75, 3.05) is 20.1 Å². The van der Waals surface area contributed by atoms with Gasteiger partial charge in [-0.2, -0.15) is 5.10 Å². The first-order valence-electron chi connectivity index (χ1n) is 11.9. The zero-order chi connectivity index (χ0) is 23.4. The molecule has 6 rings (SSSR count). The third-order valence-electron chi connectivity index (χ3n) is 7.39. The number of carbonyl (C=O) groups is 1. The lowest BCUT2D eigenvalue weighted by Crippen LogP contribution is -2.14. The molecule has 1 amide bonds. The molecule has 1 aliphatic heterocycles. The van der Waals surface area contributed by atoms with E-state index in [-0.39, 0.29) is 5.69 Å². The molecule has 6 heteroatoms. The number of primary amides is 1. The fraction of sp³-hybridized carbons (Fsp3) is 0.286. The van der Waals surface area contributed by atoms with Gasteiger partial charge in [0.25, 0.3) is 5.91 Å². The van der Waals surface area contributed by atoms with Crippen LogP contribution in [-0.2, 0) is 6.54 Å². The molecular formula is C28H29N5O. The number of nitrogens with two attached hydrogens (primary N) is 1. The van der Waals surface area contributed by atoms with Crippen LogP contribution in [0.1, 0.15) is 33.7 Å². The molecule has 0 radical (unpaired) electrons. The van der Waals surface area contributed by atoms with Crippen LogP contribution >= 0.6 is 0 Å². The molecule has 2 N–H and O–H groups in total. The summed E-state index contributed by atoms with van der Waals surface area (Å²) in [6, 6.07) is 19.2. The Labute approximate surface area is 199 Å². The molecule has 0 unspecified atom stereocenters. The minimum atomic E-state index is -0.514. The maximum atomic E-state index is 11.5. The second-order valence-corrected chi connectivity index (χ2v) is 9.87. The summed E-state index contributed by atoms with van der Waals surface area (Å²) >= 11 is 0. The van der Waals surface area contributed by atoms with Crippen LogP contribution in [-0.4, -0.2) is 45.3 Å². The minimum absolute atomic E-state index is 0.280. The first-order chi connectivity index (χ1) is 16.4. The predicted octanol–water partition coefficient (Wildman–Crippen LogP) is 4.25. The zero-order valence-corrected chi connectivity index (χ0v) is 19.6. The van der Waals surface area contributed by atoms with Gasteiger partial charge in [0.1, 0.15) is 0 Å². The summed E-state index contributed by atoms with van der Waals surface area (Å²) in [5, 5.41) is 5.49. The largest absolute Gasteiger partial charge is 0.364 e. The lowest BCUT2D eigenvalue weighted by Gasteiger charge is -2.11. The molecule has 172 valence electrons. The van der Waals surface area contributed by atoms with Crippen molar-refractivity contribution in [1.29, 1.82) is 0 Å². The van der Waals surface area contributed by atoms with Crippen molar-refractivity contribution in [2.24, 2.45) is 17.6 Å². The molecule has 1 saturated heterocycles. The Bertz CT molecular complexity index is 1430. The van der Waals surface area contributed by atoms with Crippen molar-refractivity contribution in [3.05, 3.63) is 89.4 Å². The molecule has 2 atom stereocenters. The molecule has 6 nitrogen and oxygen atoms in total. The van der Waals surface area contributed by atoms with Gasteiger partial charge in [0.05, 0.1) is 5.69 Å². The number of benzene rings is 2. The second kappa shape index (κ2) is 7.99. The average molecular weight is 452 g/mol. The summed E-state index contributed by atoms with van der Waals surface area (Å²) in [6.45, 7) is 5.16. The van der Waals surface area contributed by atoms with Gasteiger partial charge < -0.3 is 15.2 Å². The molecule has 34 heavy (non-hydrogen) atoms. The van der Waals surface area contributed by atoms with Crippen molar-refractivity contribution >= 4 is 22.4 Å². The van der Waals surface area contributed by atoms with Gasteiger partial charge in [-0.3, -0.25) is 4.79 Å². The number of hydrogen-bond acceptors (Lipinski definition) is 3. The lowest BCUT2D eigenvalue weighted by atomic mass is 9.98. The molecular weight excluding hydrogens is 422 g/mol. The van der Waals surface area contributed by atoms with Crippen molar-refractivity contribution in [3.8, 4) is 5.69 Å². The lowest BCUT2D eigenvalue weighted by molar-refractivity contribution is 0.0995. The van der Waals surface area contributed by atoms with E-state index in [4.69, 9.17) is 5.73 Å². The minimum Gasteiger partial charge on any atom is -0.364 e. The van der Waals surface area contributed by atoms with Crippen molar-refractivity contribution in [1.82, 2.24) is 19.2 Å². The van der Waals surface area contributed by atoms with E-state index in [1.807, 2.05) is 13.0 Å². The predicted molar refractivity (Wildman–Crippen MR) is 135 cm³/mol. The van der Waals surface area contributed by atoms with E-state index in [1.54, 1.807) is 10.7 Å². The summed E-state index contributed by atoms with van der Waals surface area (Å²) in [4.78, 5) is 13.9. The third kappa shape index (κ3) is 3.64. The number of fused-ring (bicyclic) bond motifs is 2. The van der Waals surface area contributed by atoms with Crippen molar-refractivity contribution in [2.45, 2.75) is 19.9 Å². The molecule has 4 aromatic rings. The number of hydrogen-bond donors (Lipinski definition) is 1. The van der Waals surface area contributed by atoms with Gasteiger partial charge in [-0.05, 0) is 79.3 Å². The van der Waals surface area contributed by atoms with Crippen LogP contribution < -0.4 is 5.73 Å². The van der Waals surface area contributed by atoms with Crippen LogP contribution in [0.15, 0.2) is 66.9 Å². The first-order valence-corrected chi connectivity index (χ1v) is 11.9. The Hall–Kier alpha value is -3.64. The maximum Gasteiger partial charge on any atom is 0.269 e. The van der Waals surface area contributed by atoms with E-state index in [1.165, 1.54) is 41.7 Å². The highest BCUT2D eigenvalue weighted by Crippen LogP contribution is 2.40. The smallest absolute Gasteiger partial charge is 0.269 e. The summed E-state index contributed by atoms with van der Waals surface area (Å²) in [6.07, 6.45) is 5.84. The third-order valence-corrected chi connectivity index (χ3v) is 7.39. The van der Waals surface area contributed by atoms with Crippen LogP contribution in [0.4, 0.5) is 0 Å². The second-order valence-electron chi connectivity index (χ2n) is 9.87. The van der Waals surface area contributed by atoms with Gasteiger partial charge in [0.15, 0.2) is 5.69 Å². The maximum absolute atomic E-state index is 11.5. The number of nitrogens with zero attached hydrogens (tertiary/aromatic N) is 4. The average Bonchev–Trinajstić information content (AvgIpc) is 3.57. The van der Waals surface area contributed by atoms with E-state index in [9.17, 15) is 4.79 Å². The highest BCUT2D eigenvalue weighted by atomic mass is 16.1. The molecule has 2 aromatic heterocycles. The Morgan fingerprint density at radius 2 is 1.91 bits per heavy atom. The van der Waals surface area contributed by atoms with Crippen molar-refractivity contribution in [3.63, 3.8) is 0 Å². The van der Waals surface area contributed by atoms with E-state index in [2.05, 4.69) is 76.4 Å². The number of aryl methyl sites for hydroxylation is 1. The fourth-order valence-electron chi connectivity index (χ4n) is 5.68. The summed E-state index contributed by atoms with van der Waals surface area (Å²) in [7, 11) is 2.23. The Kier molecular flexibility index (Phi) is 4.92. The van der Waals surface area contributed by atoms with E-state index >= 15 is 0 Å². The SMILES string of the molecule is Cc1cc(C(N)=O)nn1-c1ccc2c(ccn2Cc2ccc(C3=C[C@@H]4CN(C)C[C@@H]4C3)cc2)c1. The van der Waals surface area contributed by atoms with E-state index in [0.29, 0.717) is 0 Å². The van der Waals surface area contributed by atoms with Crippen LogP contribution in [0.25, 0.3) is 22.2 Å². The van der Waals surface area contributed by atoms with Gasteiger partial charge >= 0.3 is 0 Å². The van der Waals surface area contributed by atoms with E-state index in [0.717, 1.165) is 35.1 Å². The van der Waals surface area contributed by atoms with Crippen LogP contribution in [0.2, 0.25) is 0 Å². The Morgan fingerprint density at radius 1 is 1.09 bits per heavy atom. The van der Waals surface area contributed by atoms with Gasteiger partial charge in [0, 0.05) is 42.4 Å². The molecule has 1 fully saturated rings. The van der Waals surface area contributed by atoms with Crippen LogP contribution in [0.3, 0.4) is 0 Å². The monoisotopic (exact) mass is 451 g/mol. The molecule has 0 bridgehead atoms. The number of rotatable bonds is 5. The highest BCUT2D eigenvalue weighted by Gasteiger charge is 2.34. The Balaban J connectivity index is 1.21. The number of aromatic nitrogens is 3. The van der Waals surface area contributed by atoms with Gasteiger partial charge in [-0.15, -0.1) is 0 Å². The quantitative estimate of drug-likeness (QED) is 0.493. The van der Waals surface area contributed by atoms with Gasteiger partial charge in [0.2, 0.25) is 0 Å². The zero-order valence-electron chi connectivity index (χ0n) is 19.6. The van der Waals surface area contributed by atoms with Gasteiger partial charge in [-0.1, -0.05) is 30.3 Å². The summed E-state index contributed by atoms with van der Waals surface area (Å²) in [5.41, 5.74) is 12.8. The summed E-state index contributed by atoms with van der Waals surface area (Å²) < 4.78 is 4.04. The molecule has 2 aromatic carbocycles. The Morgan fingerprint density at radius 3 is 2.65 bits per heavy atom. The van der Waals surface area contributed by atoms with Crippen LogP contribution in [0.5, 0.6) is 0 Å². The molecule has 0 saturated carbocycles. The van der Waals surface area contributed by atoms with Crippen molar-refractivity contribution < 1.29 is 4.79 Å². The fourth-order valence-corrected chi connectivity index (χ4v) is 5.68. The molecule has 3 heterocycles. The standard InChI is InChI=1S/C28H29N5O/c1-18-11-26(28(29)34)30-33(18)25-7-8-27-21(14-25)9-10-32(27)15-19-3-5-20(6-4-19)22-12-23-16-31(2)17-24(23)13-22/h3-12,14,23-24H,13,15-17H2,1-2H3,(H2,29,34)/t23-,24+/m1/s1. The molecule has 2 aliphatic rings. The number of likely N-dealkylation sites (tertiary alicyclic amines) is 1. The highest BCUT2D eigenvalue weighted by molar-refractivity contribution is 5.91. The molecule has 0 spiro atoms. The van der Waals surface area contributed by atoms with E-state index < -0.39 is 5.91 Å². The molecule has 1 aliphatic carbocycles. The van der Waals surface area contributed by atoms with Crippen LogP contribution in [0, 0.1) is 18.8 Å².